The van der Waals surface area contributed by atoms with Gasteiger partial charge < -0.3 is 14.6 Å². The van der Waals surface area contributed by atoms with Crippen LogP contribution in [-0.2, 0) is 19.5 Å². The monoisotopic (exact) mass is 375 g/mol. The summed E-state index contributed by atoms with van der Waals surface area (Å²) in [5, 5.41) is 9.03. The Morgan fingerprint density at radius 2 is 2.25 bits per heavy atom. The Morgan fingerprint density at radius 3 is 2.92 bits per heavy atom. The zero-order valence-electron chi connectivity index (χ0n) is 12.9. The molecule has 9 heteroatoms. The van der Waals surface area contributed by atoms with Gasteiger partial charge in [-0.15, -0.1) is 0 Å². The van der Waals surface area contributed by atoms with Gasteiger partial charge in [-0.1, -0.05) is 11.6 Å². The number of halogens is 1. The molecule has 1 aliphatic heterocycles. The van der Waals surface area contributed by atoms with Crippen LogP contribution in [-0.4, -0.2) is 52.0 Å². The van der Waals surface area contributed by atoms with Gasteiger partial charge in [0.25, 0.3) is 0 Å². The molecule has 0 spiro atoms. The molecule has 1 aromatic rings. The summed E-state index contributed by atoms with van der Waals surface area (Å²) < 4.78 is 38.8. The summed E-state index contributed by atoms with van der Waals surface area (Å²) in [5.74, 6) is -1.19. The number of carboxylic acids is 1. The Bertz CT molecular complexity index is 752. The Hall–Kier alpha value is -1.19. The fraction of sp³-hybridized carbons (Fsp3) is 0.533. The van der Waals surface area contributed by atoms with Gasteiger partial charge in [0.15, 0.2) is 0 Å². The summed E-state index contributed by atoms with van der Waals surface area (Å²) >= 11 is 5.98. The van der Waals surface area contributed by atoms with Crippen LogP contribution in [0.1, 0.15) is 16.8 Å². The van der Waals surface area contributed by atoms with Gasteiger partial charge >= 0.3 is 5.97 Å². The van der Waals surface area contributed by atoms with Gasteiger partial charge in [0.1, 0.15) is 4.90 Å². The summed E-state index contributed by atoms with van der Waals surface area (Å²) in [5.41, 5.74) is -0.135. The number of aromatic carboxylic acids is 1. The maximum absolute atomic E-state index is 12.7. The van der Waals surface area contributed by atoms with Crippen LogP contribution in [0.4, 0.5) is 0 Å². The number of hydrogen-bond acceptors (Lipinski definition) is 5. The molecule has 4 atom stereocenters. The van der Waals surface area contributed by atoms with Crippen molar-refractivity contribution in [2.24, 2.45) is 11.8 Å². The van der Waals surface area contributed by atoms with Gasteiger partial charge in [-0.3, -0.25) is 0 Å². The van der Waals surface area contributed by atoms with Crippen LogP contribution >= 0.6 is 11.6 Å². The summed E-state index contributed by atoms with van der Waals surface area (Å²) in [7, 11) is -2.40. The summed E-state index contributed by atoms with van der Waals surface area (Å²) in [4.78, 5) is 10.8. The summed E-state index contributed by atoms with van der Waals surface area (Å²) in [6, 6.07) is 3.29. The van der Waals surface area contributed by atoms with Crippen molar-refractivity contribution >= 4 is 27.6 Å². The average molecular weight is 376 g/mol. The maximum Gasteiger partial charge on any atom is 0.335 e. The van der Waals surface area contributed by atoms with Gasteiger partial charge in [0, 0.05) is 31.6 Å². The predicted molar refractivity (Wildman–Crippen MR) is 85.7 cm³/mol. The number of ether oxygens (including phenoxy) is 2. The second kappa shape index (κ2) is 6.61. The van der Waals surface area contributed by atoms with Gasteiger partial charge in [0.05, 0.1) is 23.3 Å². The van der Waals surface area contributed by atoms with E-state index >= 15 is 0 Å². The highest BCUT2D eigenvalue weighted by Gasteiger charge is 2.55. The zero-order valence-corrected chi connectivity index (χ0v) is 14.5. The number of carboxylic acid groups (broad SMARTS) is 1. The zero-order chi connectivity index (χ0) is 17.5. The summed E-state index contributed by atoms with van der Waals surface area (Å²) in [6.45, 7) is 0.986. The molecule has 1 aromatic carbocycles. The van der Waals surface area contributed by atoms with E-state index in [1.54, 1.807) is 7.11 Å². The molecular weight excluding hydrogens is 358 g/mol. The minimum Gasteiger partial charge on any atom is -0.478 e. The normalized spacial score (nSPS) is 29.1. The van der Waals surface area contributed by atoms with Crippen LogP contribution in [0.5, 0.6) is 0 Å². The average Bonchev–Trinajstić information content (AvgIpc) is 2.95. The van der Waals surface area contributed by atoms with Crippen molar-refractivity contribution in [2.75, 3.05) is 20.3 Å². The molecule has 0 radical (unpaired) electrons. The van der Waals surface area contributed by atoms with E-state index in [-0.39, 0.29) is 39.5 Å². The number of methoxy groups -OCH3 is 1. The predicted octanol–water partition coefficient (Wildman–Crippen LogP) is 1.37. The van der Waals surface area contributed by atoms with Crippen molar-refractivity contribution < 1.29 is 27.8 Å². The van der Waals surface area contributed by atoms with Crippen LogP contribution in [0, 0.1) is 11.8 Å². The highest BCUT2D eigenvalue weighted by atomic mass is 35.5. The fourth-order valence-corrected chi connectivity index (χ4v) is 5.34. The number of carbonyl (C=O) groups is 1. The SMILES string of the molecule is COC[C@H]1[C@@H](NS(=O)(=O)c2cc(C(=O)O)ccc2Cl)[C@H]2CCO[C@H]21. The van der Waals surface area contributed by atoms with Gasteiger partial charge in [-0.2, -0.15) is 0 Å². The van der Waals surface area contributed by atoms with Gasteiger partial charge in [-0.25, -0.2) is 17.9 Å². The van der Waals surface area contributed by atoms with Crippen LogP contribution in [0.2, 0.25) is 5.02 Å². The van der Waals surface area contributed by atoms with Crippen molar-refractivity contribution in [1.82, 2.24) is 4.72 Å². The maximum atomic E-state index is 12.7. The third-order valence-electron chi connectivity index (χ3n) is 4.65. The first kappa shape index (κ1) is 17.6. The first-order chi connectivity index (χ1) is 11.3. The molecule has 0 unspecified atom stereocenters. The first-order valence-corrected chi connectivity index (χ1v) is 9.37. The van der Waals surface area contributed by atoms with Gasteiger partial charge in [-0.05, 0) is 24.6 Å². The highest BCUT2D eigenvalue weighted by molar-refractivity contribution is 7.89. The number of fused-ring (bicyclic) bond motifs is 1. The third kappa shape index (κ3) is 3.04. The van der Waals surface area contributed by atoms with E-state index in [2.05, 4.69) is 4.72 Å². The number of benzene rings is 1. The number of rotatable bonds is 6. The molecule has 1 saturated carbocycles. The molecule has 3 rings (SSSR count). The molecule has 7 nitrogen and oxygen atoms in total. The molecular formula is C15H18ClNO6S. The molecule has 0 bridgehead atoms. The Balaban J connectivity index is 1.86. The molecule has 132 valence electrons. The van der Waals surface area contributed by atoms with Crippen molar-refractivity contribution in [1.29, 1.82) is 0 Å². The van der Waals surface area contributed by atoms with E-state index in [1.165, 1.54) is 12.1 Å². The van der Waals surface area contributed by atoms with Crippen LogP contribution in [0.3, 0.4) is 0 Å². The fourth-order valence-electron chi connectivity index (χ4n) is 3.48. The van der Waals surface area contributed by atoms with Crippen LogP contribution in [0.15, 0.2) is 23.1 Å². The van der Waals surface area contributed by atoms with Gasteiger partial charge in [0.2, 0.25) is 10.0 Å². The van der Waals surface area contributed by atoms with Crippen LogP contribution < -0.4 is 4.72 Å². The lowest BCUT2D eigenvalue weighted by atomic mass is 9.68. The molecule has 24 heavy (non-hydrogen) atoms. The minimum absolute atomic E-state index is 0.00141. The lowest BCUT2D eigenvalue weighted by molar-refractivity contribution is -0.0775. The second-order valence-corrected chi connectivity index (χ2v) is 8.09. The summed E-state index contributed by atoms with van der Waals surface area (Å²) in [6.07, 6.45) is 0.777. The van der Waals surface area contributed by atoms with E-state index in [1.807, 2.05) is 0 Å². The minimum atomic E-state index is -3.95. The molecule has 0 aromatic heterocycles. The smallest absolute Gasteiger partial charge is 0.335 e. The Morgan fingerprint density at radius 1 is 1.50 bits per heavy atom. The molecule has 1 aliphatic carbocycles. The van der Waals surface area contributed by atoms with E-state index in [0.717, 1.165) is 12.5 Å². The Labute approximate surface area is 145 Å². The van der Waals surface area contributed by atoms with Crippen molar-refractivity contribution in [3.8, 4) is 0 Å². The third-order valence-corrected chi connectivity index (χ3v) is 6.59. The second-order valence-electron chi connectivity index (χ2n) is 6.00. The van der Waals surface area contributed by atoms with Crippen molar-refractivity contribution in [3.63, 3.8) is 0 Å². The van der Waals surface area contributed by atoms with E-state index in [9.17, 15) is 13.2 Å². The molecule has 0 amide bonds. The van der Waals surface area contributed by atoms with Crippen molar-refractivity contribution in [2.45, 2.75) is 23.5 Å². The molecule has 1 saturated heterocycles. The largest absolute Gasteiger partial charge is 0.478 e. The molecule has 2 N–H and O–H groups in total. The molecule has 2 fully saturated rings. The lowest BCUT2D eigenvalue weighted by Crippen LogP contribution is -2.62. The van der Waals surface area contributed by atoms with Crippen LogP contribution in [0.25, 0.3) is 0 Å². The van der Waals surface area contributed by atoms with Crippen molar-refractivity contribution in [3.05, 3.63) is 28.8 Å². The number of hydrogen-bond donors (Lipinski definition) is 2. The quantitative estimate of drug-likeness (QED) is 0.778. The highest BCUT2D eigenvalue weighted by Crippen LogP contribution is 2.44. The number of nitrogens with one attached hydrogen (secondary N) is 1. The van der Waals surface area contributed by atoms with E-state index < -0.39 is 16.0 Å². The Kier molecular flexibility index (Phi) is 4.85. The lowest BCUT2D eigenvalue weighted by Gasteiger charge is -2.47. The van der Waals surface area contributed by atoms with E-state index in [4.69, 9.17) is 26.2 Å². The molecule has 2 aliphatic rings. The van der Waals surface area contributed by atoms with E-state index in [0.29, 0.717) is 13.2 Å². The first-order valence-electron chi connectivity index (χ1n) is 7.51. The molecule has 1 heterocycles. The topological polar surface area (TPSA) is 102 Å². The number of sulfonamides is 1. The standard InChI is InChI=1S/C15H18ClNO6S/c1-22-7-10-13(9-4-5-23-14(9)10)17-24(20,21)12-6-8(15(18)19)2-3-11(12)16/h2-3,6,9-10,13-14,17H,4-5,7H2,1H3,(H,18,19)/t9-,10+,13+,14-/m1/s1.